The van der Waals surface area contributed by atoms with Crippen LogP contribution in [0, 0.1) is 0 Å². The second-order valence-corrected chi connectivity index (χ2v) is 9.49. The van der Waals surface area contributed by atoms with Gasteiger partial charge in [0.05, 0.1) is 0 Å². The molecule has 2 aliphatic carbocycles. The average molecular weight is 503 g/mol. The lowest BCUT2D eigenvalue weighted by atomic mass is 9.88. The van der Waals surface area contributed by atoms with Gasteiger partial charge in [-0.1, -0.05) is 49.7 Å². The van der Waals surface area contributed by atoms with Gasteiger partial charge in [-0.2, -0.15) is 0 Å². The van der Waals surface area contributed by atoms with Crippen LogP contribution >= 0.6 is 60.8 Å². The van der Waals surface area contributed by atoms with Crippen LogP contribution in [0.4, 0.5) is 0 Å². The maximum Gasteiger partial charge on any atom is 0.320 e. The van der Waals surface area contributed by atoms with Crippen LogP contribution in [0.2, 0.25) is 0 Å². The molecule has 0 spiro atoms. The number of carboxylic acids is 1. The SMILES string of the molecule is CN(C)C(=S)SC1(C(=O)O)CCCCC1.CNC.Cl.O=C1CCCCC1.S=C=S. The molecule has 2 fully saturated rings. The van der Waals surface area contributed by atoms with Crippen LogP contribution in [-0.2, 0) is 9.59 Å². The van der Waals surface area contributed by atoms with E-state index in [9.17, 15) is 14.7 Å². The molecule has 0 unspecified atom stereocenters. The van der Waals surface area contributed by atoms with Crippen LogP contribution in [0.25, 0.3) is 0 Å². The molecular formula is C19H35ClN2O3S4. The van der Waals surface area contributed by atoms with Gasteiger partial charge in [0.15, 0.2) is 0 Å². The summed E-state index contributed by atoms with van der Waals surface area (Å²) in [7, 11) is 7.46. The highest BCUT2D eigenvalue weighted by Gasteiger charge is 2.41. The van der Waals surface area contributed by atoms with Gasteiger partial charge in [-0.3, -0.25) is 9.59 Å². The average Bonchev–Trinajstić information content (AvgIpc) is 2.65. The summed E-state index contributed by atoms with van der Waals surface area (Å²) in [5.74, 6) is -0.248. The fraction of sp³-hybridized carbons (Fsp3) is 0.789. The fourth-order valence-electron chi connectivity index (χ4n) is 2.69. The van der Waals surface area contributed by atoms with Gasteiger partial charge in [0.1, 0.15) is 14.9 Å². The number of Topliss-reactive ketones (excluding diaryl/α,β-unsaturated/α-hetero) is 1. The van der Waals surface area contributed by atoms with Crippen LogP contribution < -0.4 is 5.32 Å². The van der Waals surface area contributed by atoms with E-state index in [2.05, 4.69) is 29.8 Å². The summed E-state index contributed by atoms with van der Waals surface area (Å²) in [5, 5.41) is 12.1. The van der Waals surface area contributed by atoms with E-state index in [0.29, 0.717) is 10.1 Å². The number of carbonyl (C=O) groups is 2. The number of carbonyl (C=O) groups excluding carboxylic acids is 1. The number of hydrogen-bond donors (Lipinski definition) is 2. The number of halogens is 1. The minimum absolute atomic E-state index is 0. The Labute approximate surface area is 202 Å². The maximum atomic E-state index is 11.3. The number of aliphatic carboxylic acids is 1. The Kier molecular flexibility index (Phi) is 24.4. The molecule has 10 heteroatoms. The molecular weight excluding hydrogens is 468 g/mol. The van der Waals surface area contributed by atoms with Crippen molar-refractivity contribution in [2.24, 2.45) is 0 Å². The summed E-state index contributed by atoms with van der Waals surface area (Å²) in [4.78, 5) is 23.6. The second kappa shape index (κ2) is 21.1. The minimum atomic E-state index is -0.712. The van der Waals surface area contributed by atoms with E-state index in [-0.39, 0.29) is 12.4 Å². The number of nitrogens with one attached hydrogen (secondary N) is 1. The quantitative estimate of drug-likeness (QED) is 0.499. The summed E-state index contributed by atoms with van der Waals surface area (Å²) in [6.07, 6.45) is 9.85. The normalized spacial score (nSPS) is 16.5. The smallest absolute Gasteiger partial charge is 0.320 e. The van der Waals surface area contributed by atoms with Crippen LogP contribution in [-0.4, -0.2) is 63.3 Å². The highest BCUT2D eigenvalue weighted by molar-refractivity contribution is 8.24. The Hall–Kier alpha value is -0.150. The molecule has 2 aliphatic rings. The Morgan fingerprint density at radius 2 is 1.45 bits per heavy atom. The van der Waals surface area contributed by atoms with E-state index in [1.807, 2.05) is 32.5 Å². The standard InChI is InChI=1S/C10H17NO2S2.C6H10O.C2H7N.CS2.ClH/c1-11(2)9(14)15-10(8(12)13)6-4-3-5-7-10;7-6-4-2-1-3-5-6;1-3-2;2-1-3;/h3-7H2,1-2H3,(H,12,13);1-5H2;3H,1-2H3;;1H. The summed E-state index contributed by atoms with van der Waals surface area (Å²) in [6.45, 7) is 0. The first-order valence-corrected chi connectivity index (χ1v) is 11.5. The predicted molar refractivity (Wildman–Crippen MR) is 138 cm³/mol. The molecule has 2 N–H and O–H groups in total. The number of carboxylic acid groups (broad SMARTS) is 1. The highest BCUT2D eigenvalue weighted by Crippen LogP contribution is 2.41. The Morgan fingerprint density at radius 1 is 1.07 bits per heavy atom. The number of rotatable bonds is 2. The molecule has 0 aromatic heterocycles. The number of hydrogen-bond acceptors (Lipinski definition) is 7. The third kappa shape index (κ3) is 17.2. The van der Waals surface area contributed by atoms with Crippen molar-refractivity contribution in [3.05, 3.63) is 0 Å². The topological polar surface area (TPSA) is 69.6 Å². The van der Waals surface area contributed by atoms with Crippen molar-refractivity contribution in [2.75, 3.05) is 28.2 Å². The summed E-state index contributed by atoms with van der Waals surface area (Å²) in [6, 6.07) is 0. The predicted octanol–water partition coefficient (Wildman–Crippen LogP) is 5.15. The Balaban J connectivity index is -0.000000401. The molecule has 0 saturated heterocycles. The molecule has 0 atom stereocenters. The van der Waals surface area contributed by atoms with Crippen LogP contribution in [0.3, 0.4) is 0 Å². The van der Waals surface area contributed by atoms with Gasteiger partial charge in [-0.25, -0.2) is 0 Å². The molecule has 0 amide bonds. The Morgan fingerprint density at radius 3 is 1.72 bits per heavy atom. The van der Waals surface area contributed by atoms with Crippen molar-refractivity contribution in [3.8, 4) is 0 Å². The first-order chi connectivity index (χ1) is 13.2. The maximum absolute atomic E-state index is 11.3. The van der Waals surface area contributed by atoms with Gasteiger partial charge in [0, 0.05) is 31.3 Å². The van der Waals surface area contributed by atoms with Gasteiger partial charge in [-0.15, -0.1) is 12.4 Å². The lowest BCUT2D eigenvalue weighted by molar-refractivity contribution is -0.140. The van der Waals surface area contributed by atoms with Crippen LogP contribution in [0.5, 0.6) is 0 Å². The molecule has 0 aromatic rings. The first-order valence-electron chi connectivity index (χ1n) is 9.43. The zero-order valence-electron chi connectivity index (χ0n) is 17.8. The van der Waals surface area contributed by atoms with Gasteiger partial charge in [0.25, 0.3) is 0 Å². The molecule has 0 heterocycles. The molecule has 0 bridgehead atoms. The number of thiocarbonyl (C=S) groups is 3. The van der Waals surface area contributed by atoms with E-state index in [0.717, 1.165) is 57.8 Å². The van der Waals surface area contributed by atoms with Crippen LogP contribution in [0.1, 0.15) is 64.2 Å². The summed E-state index contributed by atoms with van der Waals surface area (Å²) < 4.78 is 1.92. The molecule has 29 heavy (non-hydrogen) atoms. The van der Waals surface area contributed by atoms with Gasteiger partial charge < -0.3 is 15.3 Å². The number of thioether (sulfide) groups is 1. The molecule has 0 aliphatic heterocycles. The minimum Gasteiger partial charge on any atom is -0.480 e. The Bertz CT molecular complexity index is 500. The summed E-state index contributed by atoms with van der Waals surface area (Å²) >= 11 is 14.4. The van der Waals surface area contributed by atoms with Crippen molar-refractivity contribution in [1.29, 1.82) is 0 Å². The van der Waals surface area contributed by atoms with E-state index in [4.69, 9.17) is 12.2 Å². The molecule has 0 aromatic carbocycles. The first kappa shape index (κ1) is 33.5. The van der Waals surface area contributed by atoms with Crippen LogP contribution in [0.15, 0.2) is 0 Å². The third-order valence-electron chi connectivity index (χ3n) is 4.11. The van der Waals surface area contributed by atoms with E-state index < -0.39 is 10.7 Å². The van der Waals surface area contributed by atoms with E-state index in [1.165, 1.54) is 18.2 Å². The van der Waals surface area contributed by atoms with Gasteiger partial charge in [0.2, 0.25) is 0 Å². The van der Waals surface area contributed by atoms with E-state index >= 15 is 0 Å². The second-order valence-electron chi connectivity index (χ2n) is 6.81. The fourth-order valence-corrected chi connectivity index (χ4v) is 4.26. The monoisotopic (exact) mass is 502 g/mol. The van der Waals surface area contributed by atoms with Crippen molar-refractivity contribution < 1.29 is 14.7 Å². The third-order valence-corrected chi connectivity index (χ3v) is 6.24. The lowest BCUT2D eigenvalue weighted by Gasteiger charge is -2.33. The lowest BCUT2D eigenvalue weighted by Crippen LogP contribution is -2.39. The number of nitrogens with zero attached hydrogens (tertiary/aromatic N) is 1. The van der Waals surface area contributed by atoms with Gasteiger partial charge >= 0.3 is 5.97 Å². The zero-order valence-corrected chi connectivity index (χ0v) is 21.9. The van der Waals surface area contributed by atoms with E-state index in [1.54, 1.807) is 4.90 Å². The van der Waals surface area contributed by atoms with Crippen molar-refractivity contribution >= 4 is 81.2 Å². The van der Waals surface area contributed by atoms with Crippen molar-refractivity contribution in [2.45, 2.75) is 69.0 Å². The summed E-state index contributed by atoms with van der Waals surface area (Å²) in [5.41, 5.74) is 0. The van der Waals surface area contributed by atoms with Gasteiger partial charge in [-0.05, 0) is 64.2 Å². The molecule has 0 radical (unpaired) electrons. The van der Waals surface area contributed by atoms with Crippen molar-refractivity contribution in [3.63, 3.8) is 0 Å². The largest absolute Gasteiger partial charge is 0.480 e. The molecule has 2 rings (SSSR count). The number of ketones is 1. The highest BCUT2D eigenvalue weighted by atomic mass is 35.5. The van der Waals surface area contributed by atoms with Crippen molar-refractivity contribution in [1.82, 2.24) is 10.2 Å². The molecule has 2 saturated carbocycles. The molecule has 5 nitrogen and oxygen atoms in total. The zero-order chi connectivity index (χ0) is 22.0. The molecule has 170 valence electrons.